The van der Waals surface area contributed by atoms with Crippen molar-refractivity contribution in [3.63, 3.8) is 0 Å². The first kappa shape index (κ1) is 21.6. The van der Waals surface area contributed by atoms with Crippen molar-refractivity contribution in [2.45, 2.75) is 77.4 Å². The number of benzene rings is 2. The van der Waals surface area contributed by atoms with Crippen LogP contribution in [0.4, 0.5) is 0 Å². The average molecular weight is 409 g/mol. The number of rotatable bonds is 6. The number of nitrogens with two attached hydrogens (primary N) is 1. The number of fused-ring (bicyclic) bond motifs is 1. The lowest BCUT2D eigenvalue weighted by atomic mass is 9.68. The summed E-state index contributed by atoms with van der Waals surface area (Å²) < 4.78 is 5.68. The molecule has 4 rings (SSSR count). The number of nitrogens with one attached hydrogen (secondary N) is 1. The van der Waals surface area contributed by atoms with Gasteiger partial charge in [-0.05, 0) is 85.5 Å². The molecule has 0 heterocycles. The number of methoxy groups -OCH3 is 1. The van der Waals surface area contributed by atoms with Crippen LogP contribution in [0, 0.1) is 23.7 Å². The summed E-state index contributed by atoms with van der Waals surface area (Å²) in [5.74, 6) is 4.37. The Morgan fingerprint density at radius 2 is 1.67 bits per heavy atom. The van der Waals surface area contributed by atoms with Crippen molar-refractivity contribution in [1.29, 1.82) is 0 Å². The predicted octanol–water partition coefficient (Wildman–Crippen LogP) is 5.90. The van der Waals surface area contributed by atoms with Crippen LogP contribution in [0.25, 0.3) is 10.8 Å². The van der Waals surface area contributed by atoms with Gasteiger partial charge in [0, 0.05) is 24.2 Å². The topological polar surface area (TPSA) is 47.3 Å². The molecular formula is C27H40N2O. The van der Waals surface area contributed by atoms with Gasteiger partial charge in [-0.3, -0.25) is 0 Å². The molecule has 0 bridgehead atoms. The Hall–Kier alpha value is -1.58. The molecule has 0 aromatic heterocycles. The highest BCUT2D eigenvalue weighted by Crippen LogP contribution is 2.40. The molecule has 2 aromatic rings. The normalized spacial score (nSPS) is 32.3. The van der Waals surface area contributed by atoms with E-state index in [1.165, 1.54) is 61.3 Å². The second kappa shape index (κ2) is 9.70. The molecule has 6 unspecified atom stereocenters. The lowest BCUT2D eigenvalue weighted by molar-refractivity contribution is 0.132. The van der Waals surface area contributed by atoms with E-state index in [1.807, 2.05) is 0 Å². The van der Waals surface area contributed by atoms with E-state index >= 15 is 0 Å². The van der Waals surface area contributed by atoms with E-state index in [1.54, 1.807) is 7.11 Å². The minimum absolute atomic E-state index is 0.444. The summed E-state index contributed by atoms with van der Waals surface area (Å²) >= 11 is 0. The van der Waals surface area contributed by atoms with Gasteiger partial charge in [-0.15, -0.1) is 0 Å². The van der Waals surface area contributed by atoms with Crippen LogP contribution in [-0.2, 0) is 6.54 Å². The largest absolute Gasteiger partial charge is 0.496 e. The lowest BCUT2D eigenvalue weighted by Crippen LogP contribution is -2.38. The zero-order valence-corrected chi connectivity index (χ0v) is 19.1. The molecular weight excluding hydrogens is 368 g/mol. The summed E-state index contributed by atoms with van der Waals surface area (Å²) in [5.41, 5.74) is 7.47. The average Bonchev–Trinajstić information content (AvgIpc) is 2.75. The highest BCUT2D eigenvalue weighted by molar-refractivity contribution is 5.87. The zero-order valence-electron chi connectivity index (χ0n) is 19.1. The van der Waals surface area contributed by atoms with Crippen LogP contribution in [0.15, 0.2) is 36.4 Å². The van der Waals surface area contributed by atoms with Gasteiger partial charge in [0.25, 0.3) is 0 Å². The van der Waals surface area contributed by atoms with E-state index in [4.69, 9.17) is 10.5 Å². The highest BCUT2D eigenvalue weighted by atomic mass is 16.5. The van der Waals surface area contributed by atoms with Crippen LogP contribution < -0.4 is 15.8 Å². The molecule has 2 fully saturated rings. The minimum atomic E-state index is 0.444. The molecule has 2 aliphatic carbocycles. The maximum Gasteiger partial charge on any atom is 0.123 e. The van der Waals surface area contributed by atoms with Crippen LogP contribution >= 0.6 is 0 Å². The van der Waals surface area contributed by atoms with E-state index in [9.17, 15) is 0 Å². The first-order chi connectivity index (χ1) is 14.5. The van der Waals surface area contributed by atoms with Crippen molar-refractivity contribution in [3.8, 4) is 5.75 Å². The monoisotopic (exact) mass is 408 g/mol. The van der Waals surface area contributed by atoms with Gasteiger partial charge in [-0.25, -0.2) is 0 Å². The van der Waals surface area contributed by atoms with E-state index < -0.39 is 0 Å². The molecule has 3 nitrogen and oxygen atoms in total. The first-order valence-electron chi connectivity index (χ1n) is 12.1. The Labute approximate surface area is 182 Å². The summed E-state index contributed by atoms with van der Waals surface area (Å²) in [7, 11) is 1.78. The van der Waals surface area contributed by atoms with Crippen molar-refractivity contribution >= 4 is 10.8 Å². The van der Waals surface area contributed by atoms with Gasteiger partial charge in [0.2, 0.25) is 0 Å². The van der Waals surface area contributed by atoms with Crippen LogP contribution in [0.2, 0.25) is 0 Å². The fourth-order valence-electron chi connectivity index (χ4n) is 6.17. The van der Waals surface area contributed by atoms with Gasteiger partial charge < -0.3 is 15.8 Å². The van der Waals surface area contributed by atoms with Crippen molar-refractivity contribution < 1.29 is 4.74 Å². The van der Waals surface area contributed by atoms with Crippen molar-refractivity contribution in [3.05, 3.63) is 42.0 Å². The maximum atomic E-state index is 6.19. The quantitative estimate of drug-likeness (QED) is 0.626. The van der Waals surface area contributed by atoms with Gasteiger partial charge in [-0.1, -0.05) is 44.2 Å². The molecule has 0 amide bonds. The second-order valence-corrected chi connectivity index (χ2v) is 10.1. The number of ether oxygens (including phenoxy) is 1. The molecule has 0 aliphatic heterocycles. The predicted molar refractivity (Wildman–Crippen MR) is 127 cm³/mol. The molecule has 164 valence electrons. The Morgan fingerprint density at radius 3 is 2.40 bits per heavy atom. The minimum Gasteiger partial charge on any atom is -0.496 e. The lowest BCUT2D eigenvalue weighted by Gasteiger charge is -2.40. The van der Waals surface area contributed by atoms with Crippen LogP contribution in [0.5, 0.6) is 5.75 Å². The first-order valence-corrected chi connectivity index (χ1v) is 12.1. The van der Waals surface area contributed by atoms with E-state index in [-0.39, 0.29) is 0 Å². The zero-order chi connectivity index (χ0) is 21.1. The fraction of sp³-hybridized carbons (Fsp3) is 0.630. The van der Waals surface area contributed by atoms with Gasteiger partial charge >= 0.3 is 0 Å². The summed E-state index contributed by atoms with van der Waals surface area (Å²) in [5, 5.41) is 6.46. The van der Waals surface area contributed by atoms with Crippen molar-refractivity contribution in [1.82, 2.24) is 5.32 Å². The van der Waals surface area contributed by atoms with Crippen molar-refractivity contribution in [2.24, 2.45) is 29.4 Å². The van der Waals surface area contributed by atoms with Crippen molar-refractivity contribution in [2.75, 3.05) is 7.11 Å². The molecule has 6 atom stereocenters. The number of hydrogen-bond donors (Lipinski definition) is 2. The summed E-state index contributed by atoms with van der Waals surface area (Å²) in [6.07, 6.45) is 9.16. The molecule has 2 saturated carbocycles. The molecule has 30 heavy (non-hydrogen) atoms. The Balaban J connectivity index is 1.34. The maximum absolute atomic E-state index is 6.19. The number of hydrogen-bond acceptors (Lipinski definition) is 3. The third-order valence-corrected chi connectivity index (χ3v) is 8.13. The highest BCUT2D eigenvalue weighted by Gasteiger charge is 2.33. The molecule has 0 saturated heterocycles. The van der Waals surface area contributed by atoms with E-state index in [0.717, 1.165) is 36.0 Å². The van der Waals surface area contributed by atoms with Crippen LogP contribution in [-0.4, -0.2) is 19.2 Å². The Morgan fingerprint density at radius 1 is 0.933 bits per heavy atom. The van der Waals surface area contributed by atoms with Gasteiger partial charge in [-0.2, -0.15) is 0 Å². The second-order valence-electron chi connectivity index (χ2n) is 10.1. The standard InChI is InChI=1S/C27H40N2O/c1-18-14-23(28)11-8-21(18)16-22-9-12-24(15-19(22)2)29-17-26-25-7-5-4-6-20(25)10-13-27(26)30-3/h4-7,10,13,18-19,21-24,29H,8-9,11-12,14-17,28H2,1-3H3. The van der Waals surface area contributed by atoms with Gasteiger partial charge in [0.05, 0.1) is 7.11 Å². The SMILES string of the molecule is COc1ccc2ccccc2c1CNC1CCC(CC2CCC(N)CC2C)C(C)C1. The van der Waals surface area contributed by atoms with E-state index in [2.05, 4.69) is 55.6 Å². The van der Waals surface area contributed by atoms with Gasteiger partial charge in [0.1, 0.15) is 5.75 Å². The third kappa shape index (κ3) is 4.84. The summed E-state index contributed by atoms with van der Waals surface area (Å²) in [6, 6.07) is 13.9. The molecule has 3 N–H and O–H groups in total. The smallest absolute Gasteiger partial charge is 0.123 e. The molecule has 0 spiro atoms. The molecule has 0 radical (unpaired) electrons. The van der Waals surface area contributed by atoms with Crippen LogP contribution in [0.3, 0.4) is 0 Å². The van der Waals surface area contributed by atoms with E-state index in [0.29, 0.717) is 12.1 Å². The summed E-state index contributed by atoms with van der Waals surface area (Å²) in [6.45, 7) is 5.79. The molecule has 2 aliphatic rings. The Kier molecular flexibility index (Phi) is 7.00. The molecule has 2 aromatic carbocycles. The Bertz CT molecular complexity index is 835. The van der Waals surface area contributed by atoms with Crippen LogP contribution in [0.1, 0.15) is 64.4 Å². The summed E-state index contributed by atoms with van der Waals surface area (Å²) in [4.78, 5) is 0. The molecule has 3 heteroatoms. The fourth-order valence-corrected chi connectivity index (χ4v) is 6.17. The third-order valence-electron chi connectivity index (χ3n) is 8.13. The van der Waals surface area contributed by atoms with Gasteiger partial charge in [0.15, 0.2) is 0 Å².